The number of halogens is 2. The molecule has 0 amide bonds. The number of benzene rings is 2. The van der Waals surface area contributed by atoms with Crippen LogP contribution >= 0.6 is 0 Å². The lowest BCUT2D eigenvalue weighted by Crippen LogP contribution is -1.95. The summed E-state index contributed by atoms with van der Waals surface area (Å²) in [6.45, 7) is 0.482. The van der Waals surface area contributed by atoms with Gasteiger partial charge >= 0.3 is 0 Å². The van der Waals surface area contributed by atoms with E-state index in [1.165, 1.54) is 6.07 Å². The Morgan fingerprint density at radius 1 is 0.955 bits per heavy atom. The lowest BCUT2D eigenvalue weighted by molar-refractivity contribution is 0.507. The molecule has 0 spiro atoms. The zero-order valence-electron chi connectivity index (χ0n) is 11.7. The monoisotopic (exact) mass is 300 g/mol. The van der Waals surface area contributed by atoms with E-state index in [1.54, 1.807) is 0 Å². The predicted molar refractivity (Wildman–Crippen MR) is 78.9 cm³/mol. The van der Waals surface area contributed by atoms with E-state index in [0.717, 1.165) is 23.3 Å². The number of nitrogens with one attached hydrogen (secondary N) is 1. The molecule has 0 unspecified atom stereocenters. The summed E-state index contributed by atoms with van der Waals surface area (Å²) >= 11 is 0. The smallest absolute Gasteiger partial charge is 0.181 e. The SMILES string of the molecule is NCc1ccc(-c2n[nH]c(Cc3ccc(F)c(F)c3)n2)cc1. The second-order valence-electron chi connectivity index (χ2n) is 4.93. The van der Waals surface area contributed by atoms with E-state index >= 15 is 0 Å². The van der Waals surface area contributed by atoms with Gasteiger partial charge < -0.3 is 5.73 Å². The van der Waals surface area contributed by atoms with Crippen molar-refractivity contribution in [2.45, 2.75) is 13.0 Å². The zero-order chi connectivity index (χ0) is 15.5. The molecule has 22 heavy (non-hydrogen) atoms. The fraction of sp³-hybridized carbons (Fsp3) is 0.125. The van der Waals surface area contributed by atoms with Crippen LogP contribution in [0.3, 0.4) is 0 Å². The topological polar surface area (TPSA) is 67.6 Å². The molecule has 112 valence electrons. The van der Waals surface area contributed by atoms with E-state index < -0.39 is 11.6 Å². The number of hydrogen-bond acceptors (Lipinski definition) is 3. The van der Waals surface area contributed by atoms with Crippen LogP contribution in [-0.4, -0.2) is 15.2 Å². The Balaban J connectivity index is 1.79. The molecule has 3 N–H and O–H groups in total. The summed E-state index contributed by atoms with van der Waals surface area (Å²) in [7, 11) is 0. The quantitative estimate of drug-likeness (QED) is 0.778. The molecule has 0 aliphatic heterocycles. The third kappa shape index (κ3) is 3.01. The standard InChI is InChI=1S/C16H14F2N4/c17-13-6-3-11(7-14(13)18)8-15-20-16(22-21-15)12-4-1-10(9-19)2-5-12/h1-7H,8-9,19H2,(H,20,21,22). The van der Waals surface area contributed by atoms with Crippen LogP contribution in [0.2, 0.25) is 0 Å². The first-order valence-electron chi connectivity index (χ1n) is 6.80. The Labute approximate surface area is 126 Å². The lowest BCUT2D eigenvalue weighted by atomic mass is 10.1. The van der Waals surface area contributed by atoms with Crippen LogP contribution in [0, 0.1) is 11.6 Å². The Bertz CT molecular complexity index is 781. The lowest BCUT2D eigenvalue weighted by Gasteiger charge is -1.99. The zero-order valence-corrected chi connectivity index (χ0v) is 11.7. The van der Waals surface area contributed by atoms with Crippen LogP contribution < -0.4 is 5.73 Å². The second-order valence-corrected chi connectivity index (χ2v) is 4.93. The molecule has 0 atom stereocenters. The van der Waals surface area contributed by atoms with Gasteiger partial charge in [-0.05, 0) is 23.3 Å². The Hall–Kier alpha value is -2.60. The highest BCUT2D eigenvalue weighted by Crippen LogP contribution is 2.17. The third-order valence-electron chi connectivity index (χ3n) is 3.34. The minimum absolute atomic E-state index is 0.352. The Morgan fingerprint density at radius 3 is 2.36 bits per heavy atom. The van der Waals surface area contributed by atoms with Gasteiger partial charge in [0.1, 0.15) is 5.82 Å². The molecule has 0 aliphatic carbocycles. The van der Waals surface area contributed by atoms with Crippen molar-refractivity contribution in [2.75, 3.05) is 0 Å². The van der Waals surface area contributed by atoms with Gasteiger partial charge in [-0.15, -0.1) is 0 Å². The summed E-state index contributed by atoms with van der Waals surface area (Å²) in [6.07, 6.45) is 0.352. The molecule has 0 aliphatic rings. The van der Waals surface area contributed by atoms with Crippen LogP contribution in [0.25, 0.3) is 11.4 Å². The molecule has 4 nitrogen and oxygen atoms in total. The van der Waals surface area contributed by atoms with Gasteiger partial charge in [0.05, 0.1) is 0 Å². The highest BCUT2D eigenvalue weighted by Gasteiger charge is 2.08. The van der Waals surface area contributed by atoms with E-state index in [2.05, 4.69) is 15.2 Å². The highest BCUT2D eigenvalue weighted by atomic mass is 19.2. The highest BCUT2D eigenvalue weighted by molar-refractivity contribution is 5.55. The molecule has 3 rings (SSSR count). The predicted octanol–water partition coefficient (Wildman–Crippen LogP) is 2.80. The van der Waals surface area contributed by atoms with Crippen LogP contribution in [0.1, 0.15) is 17.0 Å². The van der Waals surface area contributed by atoms with Crippen molar-refractivity contribution in [3.8, 4) is 11.4 Å². The van der Waals surface area contributed by atoms with Crippen molar-refractivity contribution in [1.82, 2.24) is 15.2 Å². The van der Waals surface area contributed by atoms with Gasteiger partial charge in [0, 0.05) is 18.5 Å². The van der Waals surface area contributed by atoms with Crippen molar-refractivity contribution >= 4 is 0 Å². The summed E-state index contributed by atoms with van der Waals surface area (Å²) in [5.41, 5.74) is 8.08. The summed E-state index contributed by atoms with van der Waals surface area (Å²) < 4.78 is 26.1. The molecule has 3 aromatic rings. The molecule has 0 radical (unpaired) electrons. The number of aromatic nitrogens is 3. The Kier molecular flexibility index (Phi) is 3.93. The van der Waals surface area contributed by atoms with Gasteiger partial charge in [0.25, 0.3) is 0 Å². The Morgan fingerprint density at radius 2 is 1.68 bits per heavy atom. The number of rotatable bonds is 4. The van der Waals surface area contributed by atoms with Crippen LogP contribution in [0.4, 0.5) is 8.78 Å². The molecule has 0 bridgehead atoms. The van der Waals surface area contributed by atoms with E-state index in [1.807, 2.05) is 24.3 Å². The summed E-state index contributed by atoms with van der Waals surface area (Å²) in [4.78, 5) is 4.37. The van der Waals surface area contributed by atoms with Gasteiger partial charge in [-0.3, -0.25) is 5.10 Å². The first kappa shape index (κ1) is 14.3. The first-order valence-corrected chi connectivity index (χ1v) is 6.80. The molecule has 0 saturated heterocycles. The van der Waals surface area contributed by atoms with E-state index in [0.29, 0.717) is 30.2 Å². The maximum atomic E-state index is 13.2. The molecule has 2 aromatic carbocycles. The molecule has 6 heteroatoms. The normalized spacial score (nSPS) is 10.9. The number of aromatic amines is 1. The molecule has 0 saturated carbocycles. The van der Waals surface area contributed by atoms with Gasteiger partial charge in [-0.25, -0.2) is 13.8 Å². The van der Waals surface area contributed by atoms with Gasteiger partial charge in [-0.1, -0.05) is 30.3 Å². The van der Waals surface area contributed by atoms with Crippen molar-refractivity contribution in [2.24, 2.45) is 5.73 Å². The summed E-state index contributed by atoms with van der Waals surface area (Å²) in [5, 5.41) is 6.96. The average molecular weight is 300 g/mol. The summed E-state index contributed by atoms with van der Waals surface area (Å²) in [5.74, 6) is -0.582. The van der Waals surface area contributed by atoms with Gasteiger partial charge in [0.15, 0.2) is 17.5 Å². The van der Waals surface area contributed by atoms with Crippen LogP contribution in [-0.2, 0) is 13.0 Å². The average Bonchev–Trinajstić information content (AvgIpc) is 2.99. The molecule has 0 fully saturated rings. The fourth-order valence-electron chi connectivity index (χ4n) is 2.14. The maximum Gasteiger partial charge on any atom is 0.181 e. The van der Waals surface area contributed by atoms with Gasteiger partial charge in [-0.2, -0.15) is 5.10 Å². The van der Waals surface area contributed by atoms with Crippen LogP contribution in [0.15, 0.2) is 42.5 Å². The molecule has 1 aromatic heterocycles. The molecule has 1 heterocycles. The van der Waals surface area contributed by atoms with Crippen molar-refractivity contribution in [3.63, 3.8) is 0 Å². The number of H-pyrrole nitrogens is 1. The molecular weight excluding hydrogens is 286 g/mol. The van der Waals surface area contributed by atoms with E-state index in [-0.39, 0.29) is 0 Å². The van der Waals surface area contributed by atoms with Crippen molar-refractivity contribution in [1.29, 1.82) is 0 Å². The van der Waals surface area contributed by atoms with Crippen molar-refractivity contribution < 1.29 is 8.78 Å². The van der Waals surface area contributed by atoms with Crippen molar-refractivity contribution in [3.05, 3.63) is 71.1 Å². The minimum Gasteiger partial charge on any atom is -0.326 e. The minimum atomic E-state index is -0.866. The second kappa shape index (κ2) is 6.03. The maximum absolute atomic E-state index is 13.2. The van der Waals surface area contributed by atoms with E-state index in [4.69, 9.17) is 5.73 Å². The first-order chi connectivity index (χ1) is 10.7. The van der Waals surface area contributed by atoms with E-state index in [9.17, 15) is 8.78 Å². The fourth-order valence-corrected chi connectivity index (χ4v) is 2.14. The van der Waals surface area contributed by atoms with Crippen LogP contribution in [0.5, 0.6) is 0 Å². The number of nitrogens with zero attached hydrogens (tertiary/aromatic N) is 2. The number of nitrogens with two attached hydrogens (primary N) is 1. The number of hydrogen-bond donors (Lipinski definition) is 2. The third-order valence-corrected chi connectivity index (χ3v) is 3.34. The largest absolute Gasteiger partial charge is 0.326 e. The molecular formula is C16H14F2N4. The van der Waals surface area contributed by atoms with Gasteiger partial charge in [0.2, 0.25) is 0 Å². The summed E-state index contributed by atoms with van der Waals surface area (Å²) in [6, 6.07) is 11.4.